The van der Waals surface area contributed by atoms with Gasteiger partial charge in [-0.1, -0.05) is 23.7 Å². The van der Waals surface area contributed by atoms with Crippen LogP contribution in [0.5, 0.6) is 0 Å². The number of nitrogens with zero attached hydrogens (tertiary/aromatic N) is 4. The molecule has 22 heavy (non-hydrogen) atoms. The SMILES string of the molecule is O=C(Cc1cccc(Cl)c1)N1CCN(c2ncccn2)CC1. The van der Waals surface area contributed by atoms with E-state index in [9.17, 15) is 4.79 Å². The molecule has 2 heterocycles. The summed E-state index contributed by atoms with van der Waals surface area (Å²) in [7, 11) is 0. The van der Waals surface area contributed by atoms with Gasteiger partial charge in [0, 0.05) is 43.6 Å². The van der Waals surface area contributed by atoms with Crippen LogP contribution in [0.25, 0.3) is 0 Å². The highest BCUT2D eigenvalue weighted by Gasteiger charge is 2.22. The maximum absolute atomic E-state index is 12.4. The van der Waals surface area contributed by atoms with Crippen LogP contribution < -0.4 is 4.90 Å². The predicted molar refractivity (Wildman–Crippen MR) is 86.0 cm³/mol. The monoisotopic (exact) mass is 316 g/mol. The van der Waals surface area contributed by atoms with Crippen LogP contribution >= 0.6 is 11.6 Å². The third-order valence-corrected chi connectivity index (χ3v) is 3.95. The molecular weight excluding hydrogens is 300 g/mol. The van der Waals surface area contributed by atoms with Crippen LogP contribution in [-0.4, -0.2) is 47.0 Å². The molecule has 1 aromatic carbocycles. The van der Waals surface area contributed by atoms with Crippen LogP contribution in [0.15, 0.2) is 42.7 Å². The summed E-state index contributed by atoms with van der Waals surface area (Å²) in [6.07, 6.45) is 3.86. The number of piperazine rings is 1. The zero-order valence-electron chi connectivity index (χ0n) is 12.2. The lowest BCUT2D eigenvalue weighted by atomic mass is 10.1. The Kier molecular flexibility index (Phi) is 4.53. The van der Waals surface area contributed by atoms with E-state index in [4.69, 9.17) is 11.6 Å². The highest BCUT2D eigenvalue weighted by molar-refractivity contribution is 6.30. The van der Waals surface area contributed by atoms with E-state index in [2.05, 4.69) is 14.9 Å². The van der Waals surface area contributed by atoms with Crippen LogP contribution in [0.3, 0.4) is 0 Å². The van der Waals surface area contributed by atoms with E-state index in [1.165, 1.54) is 0 Å². The average Bonchev–Trinajstić information content (AvgIpc) is 2.56. The first-order chi connectivity index (χ1) is 10.7. The molecule has 1 aliphatic heterocycles. The van der Waals surface area contributed by atoms with Gasteiger partial charge >= 0.3 is 0 Å². The van der Waals surface area contributed by atoms with Crippen LogP contribution in [0.2, 0.25) is 5.02 Å². The molecule has 1 saturated heterocycles. The minimum atomic E-state index is 0.135. The number of rotatable bonds is 3. The molecular formula is C16H17ClN4O. The van der Waals surface area contributed by atoms with Gasteiger partial charge in [0.15, 0.2) is 0 Å². The molecule has 0 aliphatic carbocycles. The topological polar surface area (TPSA) is 49.3 Å². The fourth-order valence-corrected chi connectivity index (χ4v) is 2.76. The largest absolute Gasteiger partial charge is 0.339 e. The van der Waals surface area contributed by atoms with Gasteiger partial charge in [0.25, 0.3) is 0 Å². The molecule has 1 amide bonds. The number of benzene rings is 1. The van der Waals surface area contributed by atoms with Crippen molar-refractivity contribution in [3.63, 3.8) is 0 Å². The first-order valence-corrected chi connectivity index (χ1v) is 7.64. The number of halogens is 1. The predicted octanol–water partition coefficient (Wildman–Crippen LogP) is 2.02. The Balaban J connectivity index is 1.56. The van der Waals surface area contributed by atoms with Crippen molar-refractivity contribution in [2.75, 3.05) is 31.1 Å². The van der Waals surface area contributed by atoms with Crippen molar-refractivity contribution in [3.05, 3.63) is 53.3 Å². The molecule has 1 aliphatic rings. The lowest BCUT2D eigenvalue weighted by Gasteiger charge is -2.34. The van der Waals surface area contributed by atoms with Gasteiger partial charge in [-0.3, -0.25) is 4.79 Å². The molecule has 0 spiro atoms. The first-order valence-electron chi connectivity index (χ1n) is 7.26. The Hall–Kier alpha value is -2.14. The van der Waals surface area contributed by atoms with E-state index < -0.39 is 0 Å². The van der Waals surface area contributed by atoms with Gasteiger partial charge < -0.3 is 9.80 Å². The van der Waals surface area contributed by atoms with Gasteiger partial charge in [-0.25, -0.2) is 9.97 Å². The molecule has 0 radical (unpaired) electrons. The van der Waals surface area contributed by atoms with Gasteiger partial charge in [-0.15, -0.1) is 0 Å². The zero-order chi connectivity index (χ0) is 15.4. The van der Waals surface area contributed by atoms with E-state index in [1.54, 1.807) is 18.5 Å². The van der Waals surface area contributed by atoms with Crippen LogP contribution in [-0.2, 0) is 11.2 Å². The minimum Gasteiger partial charge on any atom is -0.339 e. The normalized spacial score (nSPS) is 15.0. The summed E-state index contributed by atoms with van der Waals surface area (Å²) >= 11 is 5.96. The van der Waals surface area contributed by atoms with Crippen LogP contribution in [0.1, 0.15) is 5.56 Å². The highest BCUT2D eigenvalue weighted by Crippen LogP contribution is 2.14. The fraction of sp³-hybridized carbons (Fsp3) is 0.312. The minimum absolute atomic E-state index is 0.135. The van der Waals surface area contributed by atoms with Gasteiger partial charge in [0.2, 0.25) is 11.9 Å². The van der Waals surface area contributed by atoms with Crippen molar-refractivity contribution in [1.29, 1.82) is 0 Å². The summed E-state index contributed by atoms with van der Waals surface area (Å²) in [5.74, 6) is 0.861. The first kappa shape index (κ1) is 14.8. The molecule has 0 bridgehead atoms. The van der Waals surface area contributed by atoms with Crippen molar-refractivity contribution in [2.24, 2.45) is 0 Å². The molecule has 1 aromatic heterocycles. The van der Waals surface area contributed by atoms with E-state index in [0.29, 0.717) is 24.5 Å². The molecule has 3 rings (SSSR count). The van der Waals surface area contributed by atoms with Crippen LogP contribution in [0, 0.1) is 0 Å². The zero-order valence-corrected chi connectivity index (χ0v) is 12.9. The van der Waals surface area contributed by atoms with Crippen molar-refractivity contribution >= 4 is 23.5 Å². The number of hydrogen-bond donors (Lipinski definition) is 0. The quantitative estimate of drug-likeness (QED) is 0.869. The maximum atomic E-state index is 12.4. The van der Waals surface area contributed by atoms with Crippen molar-refractivity contribution < 1.29 is 4.79 Å². The fourth-order valence-electron chi connectivity index (χ4n) is 2.54. The number of hydrogen-bond acceptors (Lipinski definition) is 4. The number of carbonyl (C=O) groups is 1. The lowest BCUT2D eigenvalue weighted by molar-refractivity contribution is -0.130. The second-order valence-electron chi connectivity index (χ2n) is 5.22. The summed E-state index contributed by atoms with van der Waals surface area (Å²) in [5.41, 5.74) is 0.950. The third kappa shape index (κ3) is 3.54. The summed E-state index contributed by atoms with van der Waals surface area (Å²) < 4.78 is 0. The molecule has 5 nitrogen and oxygen atoms in total. The standard InChI is InChI=1S/C16H17ClN4O/c17-14-4-1-3-13(11-14)12-15(22)20-7-9-21(10-8-20)16-18-5-2-6-19-16/h1-6,11H,7-10,12H2. The summed E-state index contributed by atoms with van der Waals surface area (Å²) in [6.45, 7) is 2.89. The van der Waals surface area contributed by atoms with E-state index in [-0.39, 0.29) is 5.91 Å². The second kappa shape index (κ2) is 6.75. The van der Waals surface area contributed by atoms with Gasteiger partial charge in [0.1, 0.15) is 0 Å². The molecule has 0 N–H and O–H groups in total. The number of aromatic nitrogens is 2. The molecule has 2 aromatic rings. The van der Waals surface area contributed by atoms with E-state index in [1.807, 2.05) is 29.2 Å². The van der Waals surface area contributed by atoms with Crippen molar-refractivity contribution in [3.8, 4) is 0 Å². The lowest BCUT2D eigenvalue weighted by Crippen LogP contribution is -2.49. The summed E-state index contributed by atoms with van der Waals surface area (Å²) in [6, 6.07) is 9.25. The van der Waals surface area contributed by atoms with E-state index in [0.717, 1.165) is 24.6 Å². The summed E-state index contributed by atoms with van der Waals surface area (Å²) in [5, 5.41) is 0.663. The van der Waals surface area contributed by atoms with Gasteiger partial charge in [0.05, 0.1) is 6.42 Å². The Labute approximate surface area is 134 Å². The number of anilines is 1. The second-order valence-corrected chi connectivity index (χ2v) is 5.66. The van der Waals surface area contributed by atoms with Gasteiger partial charge in [-0.05, 0) is 23.8 Å². The van der Waals surface area contributed by atoms with Crippen molar-refractivity contribution in [2.45, 2.75) is 6.42 Å². The molecule has 0 atom stereocenters. The summed E-state index contributed by atoms with van der Waals surface area (Å²) in [4.78, 5) is 24.8. The highest BCUT2D eigenvalue weighted by atomic mass is 35.5. The Morgan fingerprint density at radius 2 is 1.82 bits per heavy atom. The van der Waals surface area contributed by atoms with Crippen LogP contribution in [0.4, 0.5) is 5.95 Å². The Morgan fingerprint density at radius 3 is 2.50 bits per heavy atom. The molecule has 0 unspecified atom stereocenters. The molecule has 1 fully saturated rings. The van der Waals surface area contributed by atoms with E-state index >= 15 is 0 Å². The molecule has 0 saturated carbocycles. The maximum Gasteiger partial charge on any atom is 0.227 e. The Morgan fingerprint density at radius 1 is 1.09 bits per heavy atom. The van der Waals surface area contributed by atoms with Gasteiger partial charge in [-0.2, -0.15) is 0 Å². The Bertz CT molecular complexity index is 642. The molecule has 6 heteroatoms. The number of carbonyl (C=O) groups excluding carboxylic acids is 1. The van der Waals surface area contributed by atoms with Crippen molar-refractivity contribution in [1.82, 2.24) is 14.9 Å². The number of amides is 1. The smallest absolute Gasteiger partial charge is 0.227 e. The average molecular weight is 317 g/mol. The molecule has 114 valence electrons. The third-order valence-electron chi connectivity index (χ3n) is 3.71.